The first-order valence-electron chi connectivity index (χ1n) is 6.30. The van der Waals surface area contributed by atoms with E-state index in [9.17, 15) is 4.79 Å². The van der Waals surface area contributed by atoms with E-state index in [0.29, 0.717) is 6.54 Å². The number of nitrogens with one attached hydrogen (secondary N) is 1. The lowest BCUT2D eigenvalue weighted by Crippen LogP contribution is -2.39. The predicted octanol–water partition coefficient (Wildman–Crippen LogP) is 3.11. The minimum Gasteiger partial charge on any atom is -0.329 e. The van der Waals surface area contributed by atoms with Gasteiger partial charge in [0.1, 0.15) is 0 Å². The first-order chi connectivity index (χ1) is 8.57. The largest absolute Gasteiger partial charge is 0.329 e. The first kappa shape index (κ1) is 15.1. The molecule has 1 unspecified atom stereocenters. The predicted molar refractivity (Wildman–Crippen MR) is 78.9 cm³/mol. The topological polar surface area (TPSA) is 55.1 Å². The minimum absolute atomic E-state index is 0.00310. The van der Waals surface area contributed by atoms with Gasteiger partial charge in [-0.15, -0.1) is 11.8 Å². The molecule has 0 heterocycles. The van der Waals surface area contributed by atoms with Crippen molar-refractivity contribution in [2.75, 3.05) is 17.6 Å². The van der Waals surface area contributed by atoms with Crippen molar-refractivity contribution in [3.8, 4) is 0 Å². The third kappa shape index (κ3) is 3.50. The van der Waals surface area contributed by atoms with Gasteiger partial charge in [0, 0.05) is 11.4 Å². The van der Waals surface area contributed by atoms with Crippen molar-refractivity contribution in [1.29, 1.82) is 0 Å². The number of carbonyl (C=O) groups excluding carboxylic acids is 1. The smallest absolute Gasteiger partial charge is 0.231 e. The Morgan fingerprint density at radius 3 is 2.61 bits per heavy atom. The van der Waals surface area contributed by atoms with Crippen LogP contribution in [0.2, 0.25) is 0 Å². The van der Waals surface area contributed by atoms with Crippen LogP contribution in [0.5, 0.6) is 0 Å². The van der Waals surface area contributed by atoms with Crippen LogP contribution < -0.4 is 11.1 Å². The summed E-state index contributed by atoms with van der Waals surface area (Å²) in [5.41, 5.74) is 6.08. The number of carbonyl (C=O) groups is 1. The molecule has 1 amide bonds. The highest BCUT2D eigenvalue weighted by Crippen LogP contribution is 2.29. The van der Waals surface area contributed by atoms with E-state index in [0.717, 1.165) is 22.8 Å². The number of hydrogen-bond acceptors (Lipinski definition) is 3. The lowest BCUT2D eigenvalue weighted by Gasteiger charge is -2.25. The van der Waals surface area contributed by atoms with Crippen LogP contribution >= 0.6 is 11.8 Å². The Morgan fingerprint density at radius 2 is 2.06 bits per heavy atom. The monoisotopic (exact) mass is 266 g/mol. The van der Waals surface area contributed by atoms with Crippen LogP contribution in [0.4, 0.5) is 5.69 Å². The summed E-state index contributed by atoms with van der Waals surface area (Å²) in [6.45, 7) is 6.34. The quantitative estimate of drug-likeness (QED) is 0.778. The lowest BCUT2D eigenvalue weighted by atomic mass is 9.86. The number of para-hydroxylation sites is 1. The van der Waals surface area contributed by atoms with Crippen molar-refractivity contribution < 1.29 is 4.79 Å². The molecule has 100 valence electrons. The van der Waals surface area contributed by atoms with E-state index in [-0.39, 0.29) is 5.91 Å². The molecular weight excluding hydrogens is 244 g/mol. The molecule has 1 atom stereocenters. The number of hydrogen-bond donors (Lipinski definition) is 2. The number of thioether (sulfide) groups is 1. The highest BCUT2D eigenvalue weighted by molar-refractivity contribution is 7.99. The second-order valence-corrected chi connectivity index (χ2v) is 5.81. The summed E-state index contributed by atoms with van der Waals surface area (Å²) < 4.78 is 0. The van der Waals surface area contributed by atoms with E-state index >= 15 is 0 Å². The highest BCUT2D eigenvalue weighted by atomic mass is 32.2. The van der Waals surface area contributed by atoms with Crippen LogP contribution in [-0.2, 0) is 4.79 Å². The molecule has 0 saturated heterocycles. The Bertz CT molecular complexity index is 403. The summed E-state index contributed by atoms with van der Waals surface area (Å²) in [4.78, 5) is 13.4. The van der Waals surface area contributed by atoms with Crippen molar-refractivity contribution in [3.05, 3.63) is 24.3 Å². The molecule has 0 radical (unpaired) electrons. The zero-order chi connectivity index (χ0) is 13.6. The molecule has 1 aromatic rings. The molecule has 18 heavy (non-hydrogen) atoms. The van der Waals surface area contributed by atoms with E-state index in [4.69, 9.17) is 5.73 Å². The van der Waals surface area contributed by atoms with Gasteiger partial charge < -0.3 is 11.1 Å². The molecule has 0 aromatic heterocycles. The summed E-state index contributed by atoms with van der Waals surface area (Å²) >= 11 is 1.72. The average molecular weight is 266 g/mol. The fraction of sp³-hybridized carbons (Fsp3) is 0.500. The summed E-state index contributed by atoms with van der Waals surface area (Å²) in [6, 6.07) is 7.87. The van der Waals surface area contributed by atoms with E-state index in [1.807, 2.05) is 38.1 Å². The summed E-state index contributed by atoms with van der Waals surface area (Å²) in [5.74, 6) is 0.978. The van der Waals surface area contributed by atoms with Crippen LogP contribution in [-0.4, -0.2) is 18.2 Å². The van der Waals surface area contributed by atoms with Crippen molar-refractivity contribution in [2.24, 2.45) is 11.1 Å². The van der Waals surface area contributed by atoms with Gasteiger partial charge in [-0.3, -0.25) is 4.79 Å². The molecular formula is C14H22N2OS. The second kappa shape index (κ2) is 6.81. The minimum atomic E-state index is -0.496. The van der Waals surface area contributed by atoms with Crippen molar-refractivity contribution >= 4 is 23.4 Å². The van der Waals surface area contributed by atoms with Gasteiger partial charge in [-0.25, -0.2) is 0 Å². The number of nitrogens with two attached hydrogens (primary N) is 1. The van der Waals surface area contributed by atoms with E-state index in [2.05, 4.69) is 12.2 Å². The van der Waals surface area contributed by atoms with E-state index in [1.165, 1.54) is 0 Å². The fourth-order valence-corrected chi connectivity index (χ4v) is 2.28. The molecule has 0 aliphatic rings. The van der Waals surface area contributed by atoms with Gasteiger partial charge >= 0.3 is 0 Å². The molecule has 0 aliphatic carbocycles. The number of rotatable bonds is 6. The normalized spacial score (nSPS) is 14.0. The molecule has 0 bridgehead atoms. The first-order valence-corrected chi connectivity index (χ1v) is 7.29. The molecule has 3 nitrogen and oxygen atoms in total. The SMILES string of the molecule is CCSc1ccccc1NC(=O)C(C)(CC)CN. The maximum atomic E-state index is 12.3. The van der Waals surface area contributed by atoms with Gasteiger partial charge in [-0.1, -0.05) is 26.0 Å². The van der Waals surface area contributed by atoms with Gasteiger partial charge in [0.05, 0.1) is 11.1 Å². The van der Waals surface area contributed by atoms with Crippen LogP contribution in [0, 0.1) is 5.41 Å². The van der Waals surface area contributed by atoms with Crippen molar-refractivity contribution in [2.45, 2.75) is 32.1 Å². The summed E-state index contributed by atoms with van der Waals surface area (Å²) in [7, 11) is 0. The number of anilines is 1. The summed E-state index contributed by atoms with van der Waals surface area (Å²) in [5, 5.41) is 3.00. The maximum absolute atomic E-state index is 12.3. The van der Waals surface area contributed by atoms with Gasteiger partial charge in [-0.05, 0) is 31.2 Å². The zero-order valence-corrected chi connectivity index (χ0v) is 12.1. The highest BCUT2D eigenvalue weighted by Gasteiger charge is 2.29. The maximum Gasteiger partial charge on any atom is 0.231 e. The molecule has 0 fully saturated rings. The Labute approximate surface area is 114 Å². The van der Waals surface area contributed by atoms with Crippen LogP contribution in [0.15, 0.2) is 29.2 Å². The summed E-state index contributed by atoms with van der Waals surface area (Å²) in [6.07, 6.45) is 0.735. The Balaban J connectivity index is 2.87. The Kier molecular flexibility index (Phi) is 5.69. The third-order valence-electron chi connectivity index (χ3n) is 3.21. The molecule has 0 spiro atoms. The van der Waals surface area contributed by atoms with Crippen LogP contribution in [0.3, 0.4) is 0 Å². The molecule has 0 saturated carbocycles. The zero-order valence-electron chi connectivity index (χ0n) is 11.3. The van der Waals surface area contributed by atoms with Crippen LogP contribution in [0.1, 0.15) is 27.2 Å². The van der Waals surface area contributed by atoms with Gasteiger partial charge in [0.25, 0.3) is 0 Å². The third-order valence-corrected chi connectivity index (χ3v) is 4.17. The van der Waals surface area contributed by atoms with Gasteiger partial charge in [0.2, 0.25) is 5.91 Å². The van der Waals surface area contributed by atoms with E-state index < -0.39 is 5.41 Å². The Morgan fingerprint density at radius 1 is 1.39 bits per heavy atom. The van der Waals surface area contributed by atoms with Gasteiger partial charge in [-0.2, -0.15) is 0 Å². The Hall–Kier alpha value is -1.00. The number of amides is 1. The van der Waals surface area contributed by atoms with Crippen molar-refractivity contribution in [3.63, 3.8) is 0 Å². The molecule has 1 aromatic carbocycles. The number of benzene rings is 1. The lowest BCUT2D eigenvalue weighted by molar-refractivity contribution is -0.124. The fourth-order valence-electron chi connectivity index (χ4n) is 1.52. The van der Waals surface area contributed by atoms with Crippen LogP contribution in [0.25, 0.3) is 0 Å². The average Bonchev–Trinajstić information content (AvgIpc) is 2.40. The molecule has 3 N–H and O–H groups in total. The molecule has 0 aliphatic heterocycles. The molecule has 1 rings (SSSR count). The standard InChI is InChI=1S/C14H22N2OS/c1-4-14(3,10-15)13(17)16-11-8-6-7-9-12(11)18-5-2/h6-9H,4-5,10,15H2,1-3H3,(H,16,17). The van der Waals surface area contributed by atoms with Crippen molar-refractivity contribution in [1.82, 2.24) is 0 Å². The van der Waals surface area contributed by atoms with E-state index in [1.54, 1.807) is 11.8 Å². The second-order valence-electron chi connectivity index (χ2n) is 4.50. The van der Waals surface area contributed by atoms with Gasteiger partial charge in [0.15, 0.2) is 0 Å². The molecule has 4 heteroatoms.